The fraction of sp³-hybridized carbons (Fsp3) is 0.0667. The maximum atomic E-state index is 13.7. The number of nitrogens with one attached hydrogen (secondary N) is 1. The molecule has 0 fully saturated rings. The molecule has 4 rings (SSSR count). The van der Waals surface area contributed by atoms with E-state index in [-0.39, 0.29) is 5.75 Å². The number of nitrogens with zero attached hydrogens (tertiary/aromatic N) is 3. The summed E-state index contributed by atoms with van der Waals surface area (Å²) < 4.78 is 28.8. The lowest BCUT2D eigenvalue weighted by Crippen LogP contribution is -1.93. The Balaban J connectivity index is 1.71. The molecule has 2 aromatic heterocycles. The van der Waals surface area contributed by atoms with Gasteiger partial charge in [-0.05, 0) is 18.2 Å². The van der Waals surface area contributed by atoms with Gasteiger partial charge in [0.15, 0.2) is 16.8 Å². The van der Waals surface area contributed by atoms with E-state index in [1.54, 1.807) is 6.07 Å². The van der Waals surface area contributed by atoms with E-state index in [9.17, 15) is 8.78 Å². The largest absolute Gasteiger partial charge is 0.254 e. The van der Waals surface area contributed by atoms with Gasteiger partial charge >= 0.3 is 0 Å². The van der Waals surface area contributed by atoms with Crippen LogP contribution >= 0.6 is 11.8 Å². The van der Waals surface area contributed by atoms with Crippen molar-refractivity contribution in [2.45, 2.75) is 10.9 Å². The molecule has 4 nitrogen and oxygen atoms in total. The quantitative estimate of drug-likeness (QED) is 0.585. The number of rotatable bonds is 3. The summed E-state index contributed by atoms with van der Waals surface area (Å²) in [6, 6.07) is 11.9. The lowest BCUT2D eigenvalue weighted by Gasteiger charge is -2.02. The zero-order chi connectivity index (χ0) is 15.1. The molecule has 0 unspecified atom stereocenters. The fourth-order valence-corrected chi connectivity index (χ4v) is 3.27. The van der Waals surface area contributed by atoms with Crippen molar-refractivity contribution in [2.24, 2.45) is 0 Å². The topological polar surface area (TPSA) is 46.0 Å². The molecule has 2 aromatic carbocycles. The average molecular weight is 316 g/mol. The van der Waals surface area contributed by atoms with Crippen LogP contribution in [0.1, 0.15) is 5.56 Å². The van der Waals surface area contributed by atoms with Gasteiger partial charge in [0.2, 0.25) is 5.78 Å². The molecule has 22 heavy (non-hydrogen) atoms. The molecule has 0 radical (unpaired) electrons. The highest BCUT2D eigenvalue weighted by atomic mass is 32.2. The highest BCUT2D eigenvalue weighted by molar-refractivity contribution is 7.98. The molecular formula is C15H10F2N4S. The Morgan fingerprint density at radius 3 is 2.86 bits per heavy atom. The first-order valence-electron chi connectivity index (χ1n) is 6.61. The number of aromatic amines is 1. The first-order valence-corrected chi connectivity index (χ1v) is 7.60. The number of halogens is 2. The SMILES string of the molecule is Fc1cccc(CSc2n[nH]c3nc4ccccc4n23)c1F. The van der Waals surface area contributed by atoms with Gasteiger partial charge in [0, 0.05) is 11.3 Å². The number of benzene rings is 2. The molecule has 0 saturated heterocycles. The molecule has 0 aliphatic carbocycles. The third-order valence-electron chi connectivity index (χ3n) is 3.39. The molecule has 2 heterocycles. The van der Waals surface area contributed by atoms with Crippen LogP contribution in [0.25, 0.3) is 16.8 Å². The van der Waals surface area contributed by atoms with Crippen LogP contribution in [0.5, 0.6) is 0 Å². The summed E-state index contributed by atoms with van der Waals surface area (Å²) in [5, 5.41) is 7.71. The summed E-state index contributed by atoms with van der Waals surface area (Å²) in [6.45, 7) is 0. The fourth-order valence-electron chi connectivity index (χ4n) is 2.34. The predicted molar refractivity (Wildman–Crippen MR) is 80.8 cm³/mol. The summed E-state index contributed by atoms with van der Waals surface area (Å²) in [5.74, 6) is -0.727. The van der Waals surface area contributed by atoms with Crippen LogP contribution in [-0.4, -0.2) is 19.6 Å². The van der Waals surface area contributed by atoms with Gasteiger partial charge in [0.05, 0.1) is 11.0 Å². The van der Waals surface area contributed by atoms with Crippen molar-refractivity contribution in [1.82, 2.24) is 19.6 Å². The van der Waals surface area contributed by atoms with Crippen molar-refractivity contribution >= 4 is 28.6 Å². The van der Waals surface area contributed by atoms with Gasteiger partial charge in [-0.15, -0.1) is 5.10 Å². The Labute approximate surface area is 128 Å². The number of imidazole rings is 1. The molecule has 0 atom stereocenters. The molecule has 0 aliphatic rings. The smallest absolute Gasteiger partial charge is 0.231 e. The Bertz CT molecular complexity index is 976. The molecular weight excluding hydrogens is 306 g/mol. The lowest BCUT2D eigenvalue weighted by molar-refractivity contribution is 0.502. The van der Waals surface area contributed by atoms with Crippen LogP contribution in [0, 0.1) is 11.6 Å². The van der Waals surface area contributed by atoms with E-state index < -0.39 is 11.6 Å². The third kappa shape index (κ3) is 2.05. The maximum Gasteiger partial charge on any atom is 0.231 e. The zero-order valence-electron chi connectivity index (χ0n) is 11.3. The summed E-state index contributed by atoms with van der Waals surface area (Å²) in [5.41, 5.74) is 2.09. The Morgan fingerprint density at radius 2 is 1.95 bits per heavy atom. The van der Waals surface area contributed by atoms with E-state index in [1.807, 2.05) is 28.7 Å². The molecule has 7 heteroatoms. The summed E-state index contributed by atoms with van der Waals surface area (Å²) in [7, 11) is 0. The number of H-pyrrole nitrogens is 1. The molecule has 1 N–H and O–H groups in total. The van der Waals surface area contributed by atoms with Gasteiger partial charge in [-0.2, -0.15) is 0 Å². The van der Waals surface area contributed by atoms with Gasteiger partial charge in [-0.1, -0.05) is 36.0 Å². The number of fused-ring (bicyclic) bond motifs is 3. The maximum absolute atomic E-state index is 13.7. The second-order valence-electron chi connectivity index (χ2n) is 4.77. The van der Waals surface area contributed by atoms with Crippen LogP contribution in [0.3, 0.4) is 0 Å². The van der Waals surface area contributed by atoms with E-state index in [0.29, 0.717) is 16.5 Å². The van der Waals surface area contributed by atoms with Crippen molar-refractivity contribution in [1.29, 1.82) is 0 Å². The van der Waals surface area contributed by atoms with Crippen LogP contribution in [0.4, 0.5) is 8.78 Å². The van der Waals surface area contributed by atoms with E-state index >= 15 is 0 Å². The van der Waals surface area contributed by atoms with Crippen molar-refractivity contribution in [3.05, 3.63) is 59.7 Å². The van der Waals surface area contributed by atoms with Crippen molar-refractivity contribution in [3.8, 4) is 0 Å². The lowest BCUT2D eigenvalue weighted by atomic mass is 10.2. The molecule has 0 amide bonds. The van der Waals surface area contributed by atoms with Crippen LogP contribution in [0.2, 0.25) is 0 Å². The third-order valence-corrected chi connectivity index (χ3v) is 4.38. The van der Waals surface area contributed by atoms with E-state index in [1.165, 1.54) is 17.8 Å². The van der Waals surface area contributed by atoms with Gasteiger partial charge in [-0.25, -0.2) is 18.9 Å². The summed E-state index contributed by atoms with van der Waals surface area (Å²) >= 11 is 1.33. The minimum atomic E-state index is -0.835. The normalized spacial score (nSPS) is 11.5. The second kappa shape index (κ2) is 5.10. The number of aromatic nitrogens is 4. The van der Waals surface area contributed by atoms with Crippen LogP contribution in [0.15, 0.2) is 47.6 Å². The Morgan fingerprint density at radius 1 is 1.09 bits per heavy atom. The molecule has 4 aromatic rings. The minimum absolute atomic E-state index is 0.288. The van der Waals surface area contributed by atoms with E-state index in [4.69, 9.17) is 0 Å². The standard InChI is InChI=1S/C15H10F2N4S/c16-10-5-3-4-9(13(10)17)8-22-15-20-19-14-18-11-6-1-2-7-12(11)21(14)15/h1-7H,8H2,(H,18,19). The monoisotopic (exact) mass is 316 g/mol. The highest BCUT2D eigenvalue weighted by Gasteiger charge is 2.13. The number of hydrogen-bond donors (Lipinski definition) is 1. The second-order valence-corrected chi connectivity index (χ2v) is 5.71. The van der Waals surface area contributed by atoms with Crippen molar-refractivity contribution in [2.75, 3.05) is 0 Å². The highest BCUT2D eigenvalue weighted by Crippen LogP contribution is 2.26. The Kier molecular flexibility index (Phi) is 3.07. The number of hydrogen-bond acceptors (Lipinski definition) is 3. The molecule has 0 saturated carbocycles. The molecule has 110 valence electrons. The van der Waals surface area contributed by atoms with Gasteiger partial charge in [0.1, 0.15) is 0 Å². The first kappa shape index (κ1) is 13.3. The summed E-state index contributed by atoms with van der Waals surface area (Å²) in [4.78, 5) is 4.42. The van der Waals surface area contributed by atoms with E-state index in [2.05, 4.69) is 15.2 Å². The predicted octanol–water partition coefficient (Wildman–Crippen LogP) is 3.78. The minimum Gasteiger partial charge on any atom is -0.254 e. The van der Waals surface area contributed by atoms with Gasteiger partial charge in [0.25, 0.3) is 0 Å². The Hall–Kier alpha value is -2.41. The van der Waals surface area contributed by atoms with Crippen molar-refractivity contribution < 1.29 is 8.78 Å². The van der Waals surface area contributed by atoms with Crippen LogP contribution < -0.4 is 0 Å². The van der Waals surface area contributed by atoms with Gasteiger partial charge in [-0.3, -0.25) is 4.40 Å². The van der Waals surface area contributed by atoms with E-state index in [0.717, 1.165) is 17.1 Å². The van der Waals surface area contributed by atoms with Gasteiger partial charge < -0.3 is 0 Å². The average Bonchev–Trinajstić information content (AvgIpc) is 3.08. The molecule has 0 spiro atoms. The first-order chi connectivity index (χ1) is 10.7. The van der Waals surface area contributed by atoms with Crippen molar-refractivity contribution in [3.63, 3.8) is 0 Å². The molecule has 0 bridgehead atoms. The zero-order valence-corrected chi connectivity index (χ0v) is 12.1. The molecule has 0 aliphatic heterocycles. The number of para-hydroxylation sites is 2. The number of thioether (sulfide) groups is 1. The summed E-state index contributed by atoms with van der Waals surface area (Å²) in [6.07, 6.45) is 0. The van der Waals surface area contributed by atoms with Crippen LogP contribution in [-0.2, 0) is 5.75 Å².